The highest BCUT2D eigenvalue weighted by atomic mass is 79.9. The number of benzene rings is 4. The smallest absolute Gasteiger partial charge is 0.247 e. The Morgan fingerprint density at radius 2 is 1.11 bits per heavy atom. The summed E-state index contributed by atoms with van der Waals surface area (Å²) in [7, 11) is 0. The zero-order chi connectivity index (χ0) is 61.1. The third-order valence-electron chi connectivity index (χ3n) is 17.3. The first kappa shape index (κ1) is 63.0. The van der Waals surface area contributed by atoms with Crippen LogP contribution < -0.4 is 5.32 Å². The minimum absolute atomic E-state index is 0.0183. The van der Waals surface area contributed by atoms with E-state index in [2.05, 4.69) is 136 Å². The molecule has 3 amide bonds. The van der Waals surface area contributed by atoms with Gasteiger partial charge in [-0.1, -0.05) is 110 Å². The Morgan fingerprint density at radius 1 is 0.614 bits per heavy atom. The van der Waals surface area contributed by atoms with Crippen LogP contribution in [0, 0.1) is 5.92 Å². The zero-order valence-corrected chi connectivity index (χ0v) is 54.7. The van der Waals surface area contributed by atoms with E-state index in [0.29, 0.717) is 63.8 Å². The number of nitrogens with zero attached hydrogens (tertiary/aromatic N) is 11. The third kappa shape index (κ3) is 15.7. The minimum Gasteiger partial charge on any atom is -0.337 e. The van der Waals surface area contributed by atoms with Crippen molar-refractivity contribution < 1.29 is 14.4 Å². The number of nitrogens with one attached hydrogen (secondary N) is 1. The molecule has 4 aliphatic rings. The predicted octanol–water partition coefficient (Wildman–Crippen LogP) is 11.8. The van der Waals surface area contributed by atoms with E-state index in [1.54, 1.807) is 18.7 Å². The van der Waals surface area contributed by atoms with E-state index >= 15 is 0 Å². The van der Waals surface area contributed by atoms with Crippen molar-refractivity contribution in [1.82, 2.24) is 58.9 Å². The molecule has 2 saturated heterocycles. The van der Waals surface area contributed by atoms with Gasteiger partial charge in [-0.05, 0) is 157 Å². The van der Waals surface area contributed by atoms with Gasteiger partial charge < -0.3 is 29.2 Å². The number of halogens is 4. The lowest BCUT2D eigenvalue weighted by Gasteiger charge is -2.45. The molecule has 1 N–H and O–H groups in total. The molecule has 8 aromatic rings. The van der Waals surface area contributed by atoms with Crippen molar-refractivity contribution in [3.63, 3.8) is 0 Å². The number of imidazole rings is 2. The van der Waals surface area contributed by atoms with Crippen molar-refractivity contribution in [2.24, 2.45) is 5.92 Å². The van der Waals surface area contributed by atoms with Crippen LogP contribution in [0.1, 0.15) is 101 Å². The normalized spacial score (nSPS) is 18.4. The molecule has 0 saturated carbocycles. The first-order valence-corrected chi connectivity index (χ1v) is 33.1. The van der Waals surface area contributed by atoms with Gasteiger partial charge in [0.2, 0.25) is 17.7 Å². The quantitative estimate of drug-likeness (QED) is 0.0883. The highest BCUT2D eigenvalue weighted by molar-refractivity contribution is 9.10. The lowest BCUT2D eigenvalue weighted by atomic mass is 9.94. The molecule has 6 heterocycles. The molecule has 2 fully saturated rings. The maximum Gasteiger partial charge on any atom is 0.247 e. The number of hydrogen-bond donors (Lipinski definition) is 1. The van der Waals surface area contributed by atoms with Gasteiger partial charge in [-0.25, -0.2) is 9.97 Å². The maximum absolute atomic E-state index is 14.8. The summed E-state index contributed by atoms with van der Waals surface area (Å²) in [5, 5.41) is 5.01. The Morgan fingerprint density at radius 3 is 1.61 bits per heavy atom. The van der Waals surface area contributed by atoms with Gasteiger partial charge in [0.05, 0.1) is 42.2 Å². The van der Waals surface area contributed by atoms with Crippen molar-refractivity contribution in [2.45, 2.75) is 109 Å². The summed E-state index contributed by atoms with van der Waals surface area (Å²) < 4.78 is 6.03. The van der Waals surface area contributed by atoms with Crippen LogP contribution in [0.3, 0.4) is 0 Å². The molecule has 458 valence electrons. The van der Waals surface area contributed by atoms with Crippen molar-refractivity contribution in [3.05, 3.63) is 234 Å². The number of amides is 3. The van der Waals surface area contributed by atoms with E-state index in [1.165, 1.54) is 27.8 Å². The number of carbonyl (C=O) groups excluding carboxylic acids is 3. The average Bonchev–Trinajstić information content (AvgIpc) is 3.03. The lowest BCUT2D eigenvalue weighted by Crippen LogP contribution is -2.61. The molecular weight excluding hydrogens is 1280 g/mol. The second-order valence-corrected chi connectivity index (χ2v) is 26.6. The van der Waals surface area contributed by atoms with E-state index in [0.717, 1.165) is 107 Å². The highest BCUT2D eigenvalue weighted by Crippen LogP contribution is 2.41. The summed E-state index contributed by atoms with van der Waals surface area (Å²) >= 11 is 20.2. The van der Waals surface area contributed by atoms with Crippen molar-refractivity contribution in [3.8, 4) is 0 Å². The summed E-state index contributed by atoms with van der Waals surface area (Å²) in [5.41, 5.74) is 11.5. The minimum atomic E-state index is -0.621. The van der Waals surface area contributed by atoms with Crippen LogP contribution in [-0.4, -0.2) is 136 Å². The molecule has 4 aromatic carbocycles. The fraction of sp³-hybridized carbons (Fsp3) is 0.377. The molecule has 0 bridgehead atoms. The molecule has 88 heavy (non-hydrogen) atoms. The van der Waals surface area contributed by atoms with Crippen molar-refractivity contribution in [2.75, 3.05) is 52.4 Å². The Kier molecular flexibility index (Phi) is 21.4. The Hall–Kier alpha value is -6.57. The number of pyridine rings is 2. The van der Waals surface area contributed by atoms with E-state index in [4.69, 9.17) is 33.2 Å². The fourth-order valence-corrected chi connectivity index (χ4v) is 14.2. The Balaban J connectivity index is 0.000000184. The first-order valence-electron chi connectivity index (χ1n) is 30.7. The van der Waals surface area contributed by atoms with Gasteiger partial charge in [0, 0.05) is 141 Å². The second kappa shape index (κ2) is 29.8. The molecule has 2 aliphatic heterocycles. The second-order valence-electron chi connectivity index (χ2n) is 23.9. The van der Waals surface area contributed by atoms with Crippen LogP contribution in [0.4, 0.5) is 0 Å². The molecule has 0 radical (unpaired) electrons. The van der Waals surface area contributed by atoms with Gasteiger partial charge in [-0.15, -0.1) is 0 Å². The van der Waals surface area contributed by atoms with Crippen LogP contribution in [0.5, 0.6) is 0 Å². The number of aromatic nitrogens is 6. The van der Waals surface area contributed by atoms with Crippen molar-refractivity contribution in [1.29, 1.82) is 0 Å². The number of fused-ring (bicyclic) bond motifs is 4. The van der Waals surface area contributed by atoms with Crippen LogP contribution in [0.25, 0.3) is 0 Å². The topological polar surface area (TPSA) is 141 Å². The summed E-state index contributed by atoms with van der Waals surface area (Å²) in [4.78, 5) is 71.6. The van der Waals surface area contributed by atoms with E-state index in [-0.39, 0.29) is 41.8 Å². The van der Waals surface area contributed by atoms with Crippen LogP contribution in [0.15, 0.2) is 168 Å². The van der Waals surface area contributed by atoms with E-state index < -0.39 is 6.04 Å². The number of aryl methyl sites for hydroxylation is 6. The van der Waals surface area contributed by atoms with E-state index in [1.807, 2.05) is 98.9 Å². The number of carbonyl (C=O) groups is 3. The van der Waals surface area contributed by atoms with Crippen LogP contribution in [-0.2, 0) is 66.2 Å². The highest BCUT2D eigenvalue weighted by Gasteiger charge is 2.42. The van der Waals surface area contributed by atoms with Crippen LogP contribution in [0.2, 0.25) is 10.0 Å². The molecule has 4 aromatic heterocycles. The molecule has 15 nitrogen and oxygen atoms in total. The van der Waals surface area contributed by atoms with Gasteiger partial charge in [0.15, 0.2) is 0 Å². The summed E-state index contributed by atoms with van der Waals surface area (Å²) in [5.74, 6) is 0.347. The van der Waals surface area contributed by atoms with Crippen LogP contribution >= 0.6 is 55.1 Å². The Labute approximate surface area is 543 Å². The molecule has 0 spiro atoms. The number of hydrogen-bond acceptors (Lipinski definition) is 10. The molecule has 2 aliphatic carbocycles. The van der Waals surface area contributed by atoms with Gasteiger partial charge >= 0.3 is 0 Å². The van der Waals surface area contributed by atoms with E-state index in [9.17, 15) is 14.4 Å². The fourth-order valence-electron chi connectivity index (χ4n) is 13.1. The maximum atomic E-state index is 14.8. The molecule has 0 unspecified atom stereocenters. The molecule has 12 rings (SSSR count). The van der Waals surface area contributed by atoms with Gasteiger partial charge in [-0.2, -0.15) is 0 Å². The third-order valence-corrected chi connectivity index (χ3v) is 18.6. The SMILES string of the molecule is CC(C)CC(=O)N1CCN([C@H]2c3ccc(Cl)cc3CCc3cc(Br)cnc32)C[C@@H]1C(=O)N(CCCn1ccnc1)Cc1ccccc1.O=C([C@H]1CN([C@H]2c3ccc(Cl)cc3CCc3cc(Br)cnc32)CCN1)N(CCCn1ccnc1)Cc1ccccc1. The predicted molar refractivity (Wildman–Crippen MR) is 353 cm³/mol. The first-order chi connectivity index (χ1) is 42.8. The standard InChI is InChI=1S/C37H42BrClN6O2.C32H34BrClN6O/c1-26(2)19-34(46)45-18-17-43(36-32-12-11-31(39)21-28(32)9-10-29-20-30(38)22-41-35(29)36)24-33(45)37(47)44(23-27-7-4-3-5-8-27)15-6-14-42-16-13-40-25-42;33-26-17-25-8-7-24-18-27(34)9-10-28(24)31(30(25)37-19-26)39-16-12-36-29(21-39)32(41)40(20-23-5-2-1-3-6-23)14-4-13-38-15-11-35-22-38/h3-5,7-8,11-13,16,20-22,25-26,33,36H,6,9-10,14-15,17-19,23-24H2,1-2H3;1-3,5-6,9-11,15,17-19,22,29,31,36H,4,7-8,12-14,16,20-21H2/t33-,36+;29-,31+/m11/s1. The Bertz CT molecular complexity index is 3530. The summed E-state index contributed by atoms with van der Waals surface area (Å²) in [6.07, 6.45) is 20.4. The van der Waals surface area contributed by atoms with Gasteiger partial charge in [0.25, 0.3) is 0 Å². The largest absolute Gasteiger partial charge is 0.337 e. The van der Waals surface area contributed by atoms with Crippen molar-refractivity contribution >= 4 is 72.8 Å². The monoisotopic (exact) mass is 1350 g/mol. The summed E-state index contributed by atoms with van der Waals surface area (Å²) in [6.45, 7) is 11.7. The zero-order valence-electron chi connectivity index (χ0n) is 50.0. The lowest BCUT2D eigenvalue weighted by molar-refractivity contribution is -0.151. The average molecular weight is 1350 g/mol. The molecular formula is C69H76Br2Cl2N12O3. The molecule has 4 atom stereocenters. The molecule has 19 heteroatoms. The number of rotatable bonds is 18. The van der Waals surface area contributed by atoms with Gasteiger partial charge in [0.1, 0.15) is 6.04 Å². The van der Waals surface area contributed by atoms with Gasteiger partial charge in [-0.3, -0.25) is 34.2 Å². The summed E-state index contributed by atoms with van der Waals surface area (Å²) in [6, 6.07) is 35.9. The number of piperazine rings is 2.